The van der Waals surface area contributed by atoms with Gasteiger partial charge in [0, 0.05) is 18.0 Å². The highest BCUT2D eigenvalue weighted by Gasteiger charge is 2.01. The van der Waals surface area contributed by atoms with Gasteiger partial charge >= 0.3 is 0 Å². The molecule has 0 saturated carbocycles. The van der Waals surface area contributed by atoms with E-state index in [1.165, 1.54) is 12.5 Å². The normalized spacial score (nSPS) is 9.95. The monoisotopic (exact) mass is 253 g/mol. The smallest absolute Gasteiger partial charge is 0.236 e. The molecular formula is C15H15N3O. The van der Waals surface area contributed by atoms with Crippen molar-refractivity contribution < 1.29 is 4.79 Å². The van der Waals surface area contributed by atoms with Crippen LogP contribution in [0.2, 0.25) is 0 Å². The lowest BCUT2D eigenvalue weighted by Gasteiger charge is -2.02. The van der Waals surface area contributed by atoms with Crippen LogP contribution in [0.15, 0.2) is 41.7 Å². The Labute approximate surface area is 112 Å². The van der Waals surface area contributed by atoms with E-state index >= 15 is 0 Å². The average Bonchev–Trinajstić information content (AvgIpc) is 2.47. The molecule has 0 fully saturated rings. The fraction of sp³-hybridized carbons (Fsp3) is 0.267. The number of carbonyl (C=O) groups excluding carboxylic acids is 1. The number of unbranched alkanes of at least 4 members (excludes halogenated alkanes) is 1. The van der Waals surface area contributed by atoms with Gasteiger partial charge in [-0.3, -0.25) is 0 Å². The molecule has 0 saturated heterocycles. The molecule has 0 unspecified atom stereocenters. The summed E-state index contributed by atoms with van der Waals surface area (Å²) in [5, 5.41) is 0. The van der Waals surface area contributed by atoms with Crippen LogP contribution in [0.5, 0.6) is 0 Å². The number of aliphatic imine (C=N–C) groups is 1. The Hall–Kier alpha value is -2.32. The lowest BCUT2D eigenvalue weighted by molar-refractivity contribution is 0.565. The van der Waals surface area contributed by atoms with Crippen LogP contribution < -0.4 is 0 Å². The highest BCUT2D eigenvalue weighted by atomic mass is 16.1. The van der Waals surface area contributed by atoms with Crippen LogP contribution in [0.3, 0.4) is 0 Å². The Bertz CT molecular complexity index is 569. The number of rotatable bonds is 5. The van der Waals surface area contributed by atoms with Crippen LogP contribution in [0.4, 0.5) is 5.69 Å². The van der Waals surface area contributed by atoms with E-state index in [-0.39, 0.29) is 0 Å². The molecular weight excluding hydrogens is 238 g/mol. The summed E-state index contributed by atoms with van der Waals surface area (Å²) in [5.74, 6) is 0.682. The maximum Gasteiger partial charge on any atom is 0.240 e. The summed E-state index contributed by atoms with van der Waals surface area (Å²) in [6.45, 7) is 2.17. The summed E-state index contributed by atoms with van der Waals surface area (Å²) in [5.41, 5.74) is 2.65. The summed E-state index contributed by atoms with van der Waals surface area (Å²) < 4.78 is 0. The van der Waals surface area contributed by atoms with Crippen molar-refractivity contribution in [2.24, 2.45) is 4.99 Å². The van der Waals surface area contributed by atoms with Gasteiger partial charge in [0.15, 0.2) is 5.82 Å². The van der Waals surface area contributed by atoms with Gasteiger partial charge in [-0.05, 0) is 42.7 Å². The summed E-state index contributed by atoms with van der Waals surface area (Å²) in [6.07, 6.45) is 8.59. The third-order valence-corrected chi connectivity index (χ3v) is 2.82. The van der Waals surface area contributed by atoms with Crippen LogP contribution in [0, 0.1) is 0 Å². The number of isocyanates is 1. The molecule has 0 aliphatic rings. The van der Waals surface area contributed by atoms with Gasteiger partial charge in [-0.15, -0.1) is 0 Å². The minimum atomic E-state index is 0.582. The van der Waals surface area contributed by atoms with Crippen LogP contribution in [-0.4, -0.2) is 16.0 Å². The van der Waals surface area contributed by atoms with E-state index in [9.17, 15) is 4.79 Å². The minimum Gasteiger partial charge on any atom is -0.236 e. The van der Waals surface area contributed by atoms with E-state index in [2.05, 4.69) is 21.9 Å². The number of hydrogen-bond donors (Lipinski definition) is 0. The summed E-state index contributed by atoms with van der Waals surface area (Å²) in [6, 6.07) is 7.18. The molecule has 0 atom stereocenters. The van der Waals surface area contributed by atoms with E-state index in [1.54, 1.807) is 12.1 Å². The van der Waals surface area contributed by atoms with Crippen molar-refractivity contribution in [1.82, 2.24) is 9.97 Å². The molecule has 0 bridgehead atoms. The fourth-order valence-electron chi connectivity index (χ4n) is 1.75. The molecule has 0 aliphatic heterocycles. The number of aryl methyl sites for hydroxylation is 1. The first-order chi connectivity index (χ1) is 9.33. The van der Waals surface area contributed by atoms with Crippen molar-refractivity contribution in [2.75, 3.05) is 0 Å². The van der Waals surface area contributed by atoms with Gasteiger partial charge in [-0.1, -0.05) is 13.3 Å². The molecule has 2 rings (SSSR count). The Morgan fingerprint density at radius 2 is 1.84 bits per heavy atom. The second kappa shape index (κ2) is 6.57. The molecule has 2 aromatic rings. The van der Waals surface area contributed by atoms with Gasteiger partial charge in [0.05, 0.1) is 5.69 Å². The van der Waals surface area contributed by atoms with Crippen LogP contribution in [0.1, 0.15) is 25.3 Å². The SMILES string of the molecule is CCCCc1cnc(-c2ccc(N=C=O)cc2)nc1. The average molecular weight is 253 g/mol. The van der Waals surface area contributed by atoms with E-state index in [1.807, 2.05) is 24.5 Å². The van der Waals surface area contributed by atoms with Crippen LogP contribution in [-0.2, 0) is 11.2 Å². The Morgan fingerprint density at radius 1 is 1.16 bits per heavy atom. The molecule has 1 aromatic carbocycles. The number of nitrogens with zero attached hydrogens (tertiary/aromatic N) is 3. The maximum absolute atomic E-state index is 10.1. The summed E-state index contributed by atoms with van der Waals surface area (Å²) in [4.78, 5) is 22.4. The first-order valence-electron chi connectivity index (χ1n) is 6.32. The molecule has 19 heavy (non-hydrogen) atoms. The molecule has 0 spiro atoms. The number of hydrogen-bond acceptors (Lipinski definition) is 4. The standard InChI is InChI=1S/C15H15N3O/c1-2-3-4-12-9-16-15(17-10-12)13-5-7-14(8-6-13)18-11-19/h5-10H,2-4H2,1H3. The number of aromatic nitrogens is 2. The molecule has 4 heteroatoms. The molecule has 4 nitrogen and oxygen atoms in total. The third-order valence-electron chi connectivity index (χ3n) is 2.82. The first kappa shape index (κ1) is 13.1. The van der Waals surface area contributed by atoms with Gasteiger partial charge in [-0.25, -0.2) is 14.8 Å². The minimum absolute atomic E-state index is 0.582. The van der Waals surface area contributed by atoms with E-state index < -0.39 is 0 Å². The predicted octanol–water partition coefficient (Wildman–Crippen LogP) is 3.45. The quantitative estimate of drug-likeness (QED) is 0.605. The van der Waals surface area contributed by atoms with Crippen molar-refractivity contribution in [3.63, 3.8) is 0 Å². The maximum atomic E-state index is 10.1. The summed E-state index contributed by atoms with van der Waals surface area (Å²) >= 11 is 0. The third kappa shape index (κ3) is 3.57. The van der Waals surface area contributed by atoms with Gasteiger partial charge in [0.1, 0.15) is 0 Å². The van der Waals surface area contributed by atoms with Gasteiger partial charge in [-0.2, -0.15) is 4.99 Å². The molecule has 0 radical (unpaired) electrons. The zero-order valence-corrected chi connectivity index (χ0v) is 10.8. The molecule has 0 amide bonds. The molecule has 1 aromatic heterocycles. The van der Waals surface area contributed by atoms with Crippen molar-refractivity contribution in [3.8, 4) is 11.4 Å². The second-order valence-electron chi connectivity index (χ2n) is 4.27. The van der Waals surface area contributed by atoms with Crippen LogP contribution >= 0.6 is 0 Å². The molecule has 96 valence electrons. The Balaban J connectivity index is 2.15. The first-order valence-corrected chi connectivity index (χ1v) is 6.32. The van der Waals surface area contributed by atoms with Gasteiger partial charge < -0.3 is 0 Å². The van der Waals surface area contributed by atoms with Crippen LogP contribution in [0.25, 0.3) is 11.4 Å². The zero-order chi connectivity index (χ0) is 13.5. The Kier molecular flexibility index (Phi) is 4.54. The van der Waals surface area contributed by atoms with Crippen molar-refractivity contribution in [3.05, 3.63) is 42.2 Å². The van der Waals surface area contributed by atoms with Crippen molar-refractivity contribution in [2.45, 2.75) is 26.2 Å². The lowest BCUT2D eigenvalue weighted by atomic mass is 10.1. The lowest BCUT2D eigenvalue weighted by Crippen LogP contribution is -1.92. The van der Waals surface area contributed by atoms with E-state index in [0.717, 1.165) is 24.0 Å². The molecule has 0 N–H and O–H groups in total. The largest absolute Gasteiger partial charge is 0.240 e. The number of benzene rings is 1. The molecule has 1 heterocycles. The van der Waals surface area contributed by atoms with Gasteiger partial charge in [0.25, 0.3) is 0 Å². The second-order valence-corrected chi connectivity index (χ2v) is 4.27. The summed E-state index contributed by atoms with van der Waals surface area (Å²) in [7, 11) is 0. The van der Waals surface area contributed by atoms with Crippen molar-refractivity contribution in [1.29, 1.82) is 0 Å². The Morgan fingerprint density at radius 3 is 2.42 bits per heavy atom. The van der Waals surface area contributed by atoms with Gasteiger partial charge in [0.2, 0.25) is 6.08 Å². The highest BCUT2D eigenvalue weighted by molar-refractivity contribution is 5.59. The predicted molar refractivity (Wildman–Crippen MR) is 73.9 cm³/mol. The fourth-order valence-corrected chi connectivity index (χ4v) is 1.75. The molecule has 0 aliphatic carbocycles. The van der Waals surface area contributed by atoms with Crippen molar-refractivity contribution >= 4 is 11.8 Å². The van der Waals surface area contributed by atoms with E-state index in [4.69, 9.17) is 0 Å². The van der Waals surface area contributed by atoms with E-state index in [0.29, 0.717) is 11.5 Å². The topological polar surface area (TPSA) is 55.2 Å². The zero-order valence-electron chi connectivity index (χ0n) is 10.8. The highest BCUT2D eigenvalue weighted by Crippen LogP contribution is 2.19.